The van der Waals surface area contributed by atoms with Crippen molar-refractivity contribution < 1.29 is 8.42 Å². The number of rotatable bonds is 5. The van der Waals surface area contributed by atoms with Gasteiger partial charge in [-0.15, -0.1) is 0 Å². The van der Waals surface area contributed by atoms with E-state index in [1.54, 1.807) is 4.68 Å². The summed E-state index contributed by atoms with van der Waals surface area (Å²) in [5, 5.41) is 8.15. The highest BCUT2D eigenvalue weighted by Crippen LogP contribution is 2.31. The summed E-state index contributed by atoms with van der Waals surface area (Å²) in [6, 6.07) is 0. The average Bonchev–Trinajstić information content (AvgIpc) is 2.83. The van der Waals surface area contributed by atoms with Gasteiger partial charge in [-0.3, -0.25) is 4.68 Å². The number of sulfone groups is 1. The highest BCUT2D eigenvalue weighted by Gasteiger charge is 2.34. The van der Waals surface area contributed by atoms with Gasteiger partial charge in [0.15, 0.2) is 9.84 Å². The lowest BCUT2D eigenvalue weighted by Crippen LogP contribution is -2.28. The summed E-state index contributed by atoms with van der Waals surface area (Å²) in [6.45, 7) is 2.74. The zero-order chi connectivity index (χ0) is 14.9. The highest BCUT2D eigenvalue weighted by molar-refractivity contribution is 7.91. The molecule has 0 amide bonds. The molecule has 1 N–H and O–H groups in total. The molecule has 5 nitrogen and oxygen atoms in total. The van der Waals surface area contributed by atoms with Crippen LogP contribution in [0.4, 0.5) is 0 Å². The Bertz CT molecular complexity index is 583. The van der Waals surface area contributed by atoms with Crippen molar-refractivity contribution in [1.29, 1.82) is 0 Å². The minimum atomic E-state index is -2.85. The maximum Gasteiger partial charge on any atom is 0.150 e. The smallest absolute Gasteiger partial charge is 0.150 e. The summed E-state index contributed by atoms with van der Waals surface area (Å²) in [5.74, 6) is 1.11. The predicted octanol–water partition coefficient (Wildman–Crippen LogP) is 1.19. The lowest BCUT2D eigenvalue weighted by atomic mass is 9.86. The van der Waals surface area contributed by atoms with Crippen molar-refractivity contribution in [2.45, 2.75) is 19.8 Å². The van der Waals surface area contributed by atoms with Crippen molar-refractivity contribution in [2.75, 3.05) is 25.1 Å². The number of hydrogen-bond donors (Lipinski definition) is 1. The van der Waals surface area contributed by atoms with Crippen molar-refractivity contribution >= 4 is 21.4 Å². The van der Waals surface area contributed by atoms with Gasteiger partial charge in [0.1, 0.15) is 5.15 Å². The maximum atomic E-state index is 11.7. The second-order valence-electron chi connectivity index (χ2n) is 5.66. The molecular formula is C13H22ClN3O2S. The van der Waals surface area contributed by atoms with Gasteiger partial charge in [-0.1, -0.05) is 11.6 Å². The quantitative estimate of drug-likeness (QED) is 0.885. The van der Waals surface area contributed by atoms with Gasteiger partial charge >= 0.3 is 0 Å². The van der Waals surface area contributed by atoms with Crippen molar-refractivity contribution in [2.24, 2.45) is 18.9 Å². The molecular weight excluding hydrogens is 298 g/mol. The van der Waals surface area contributed by atoms with Gasteiger partial charge < -0.3 is 5.32 Å². The molecule has 1 saturated heterocycles. The first kappa shape index (κ1) is 15.8. The summed E-state index contributed by atoms with van der Waals surface area (Å²) >= 11 is 6.28. The summed E-state index contributed by atoms with van der Waals surface area (Å²) < 4.78 is 25.0. The highest BCUT2D eigenvalue weighted by atomic mass is 35.5. The van der Waals surface area contributed by atoms with Gasteiger partial charge in [-0.25, -0.2) is 8.42 Å². The van der Waals surface area contributed by atoms with Crippen LogP contribution >= 0.6 is 11.6 Å². The van der Waals surface area contributed by atoms with Crippen LogP contribution in [0.2, 0.25) is 5.15 Å². The molecule has 2 heterocycles. The van der Waals surface area contributed by atoms with E-state index in [0.717, 1.165) is 30.6 Å². The Morgan fingerprint density at radius 2 is 2.25 bits per heavy atom. The number of aromatic nitrogens is 2. The molecule has 0 spiro atoms. The Morgan fingerprint density at radius 3 is 2.70 bits per heavy atom. The Hall–Kier alpha value is -0.590. The van der Waals surface area contributed by atoms with Gasteiger partial charge in [0, 0.05) is 12.6 Å². The average molecular weight is 320 g/mol. The molecule has 1 aliphatic rings. The summed E-state index contributed by atoms with van der Waals surface area (Å²) in [7, 11) is 0.875. The molecule has 1 aromatic rings. The zero-order valence-electron chi connectivity index (χ0n) is 12.2. The summed E-state index contributed by atoms with van der Waals surface area (Å²) in [6.07, 6.45) is 1.53. The normalized spacial score (nSPS) is 23.1. The molecule has 0 saturated carbocycles. The van der Waals surface area contributed by atoms with E-state index in [2.05, 4.69) is 10.4 Å². The monoisotopic (exact) mass is 319 g/mol. The molecule has 2 rings (SSSR count). The van der Waals surface area contributed by atoms with Crippen LogP contribution in [0, 0.1) is 18.8 Å². The molecule has 0 bridgehead atoms. The standard InChI is InChI=1S/C13H22ClN3O2S/c1-9-12(13(14)17(3)16-9)6-11(7-15-2)10-4-5-20(18,19)8-10/h10-11,15H,4-8H2,1-3H3. The van der Waals surface area contributed by atoms with Crippen LogP contribution in [0.1, 0.15) is 17.7 Å². The van der Waals surface area contributed by atoms with E-state index in [1.165, 1.54) is 0 Å². The van der Waals surface area contributed by atoms with E-state index in [9.17, 15) is 8.42 Å². The van der Waals surface area contributed by atoms with Crippen LogP contribution in [-0.4, -0.2) is 43.3 Å². The molecule has 1 fully saturated rings. The van der Waals surface area contributed by atoms with Crippen LogP contribution in [0.15, 0.2) is 0 Å². The number of hydrogen-bond acceptors (Lipinski definition) is 4. The topological polar surface area (TPSA) is 64.0 Å². The Balaban J connectivity index is 2.18. The Labute approximate surface area is 125 Å². The molecule has 2 unspecified atom stereocenters. The first-order valence-electron chi connectivity index (χ1n) is 6.87. The third-order valence-corrected chi connectivity index (χ3v) is 6.40. The molecule has 0 radical (unpaired) electrons. The van der Waals surface area contributed by atoms with E-state index in [0.29, 0.717) is 16.7 Å². The second-order valence-corrected chi connectivity index (χ2v) is 8.25. The molecule has 1 aromatic heterocycles. The van der Waals surface area contributed by atoms with Crippen molar-refractivity contribution in [3.05, 3.63) is 16.4 Å². The SMILES string of the molecule is CNCC(Cc1c(C)nn(C)c1Cl)C1CCS(=O)(=O)C1. The zero-order valence-corrected chi connectivity index (χ0v) is 13.8. The summed E-state index contributed by atoms with van der Waals surface area (Å²) in [4.78, 5) is 0. The second kappa shape index (κ2) is 6.03. The molecule has 0 aliphatic carbocycles. The van der Waals surface area contributed by atoms with Gasteiger partial charge in [-0.05, 0) is 45.2 Å². The molecule has 114 valence electrons. The van der Waals surface area contributed by atoms with Gasteiger partial charge in [0.05, 0.1) is 17.2 Å². The number of halogens is 1. The van der Waals surface area contributed by atoms with E-state index in [-0.39, 0.29) is 11.8 Å². The van der Waals surface area contributed by atoms with Crippen LogP contribution in [0.5, 0.6) is 0 Å². The van der Waals surface area contributed by atoms with Crippen LogP contribution in [-0.2, 0) is 23.3 Å². The van der Waals surface area contributed by atoms with Gasteiger partial charge in [0.2, 0.25) is 0 Å². The van der Waals surface area contributed by atoms with Gasteiger partial charge in [-0.2, -0.15) is 5.10 Å². The fraction of sp³-hybridized carbons (Fsp3) is 0.769. The molecule has 7 heteroatoms. The van der Waals surface area contributed by atoms with E-state index in [4.69, 9.17) is 11.6 Å². The van der Waals surface area contributed by atoms with Crippen LogP contribution in [0.25, 0.3) is 0 Å². The number of nitrogens with zero attached hydrogens (tertiary/aromatic N) is 2. The fourth-order valence-corrected chi connectivity index (χ4v) is 5.20. The summed E-state index contributed by atoms with van der Waals surface area (Å²) in [5.41, 5.74) is 1.97. The third kappa shape index (κ3) is 3.35. The first-order valence-corrected chi connectivity index (χ1v) is 9.07. The molecule has 0 aromatic carbocycles. The molecule has 1 aliphatic heterocycles. The lowest BCUT2D eigenvalue weighted by molar-refractivity contribution is 0.351. The Morgan fingerprint density at radius 1 is 1.55 bits per heavy atom. The maximum absolute atomic E-state index is 11.7. The van der Waals surface area contributed by atoms with E-state index in [1.807, 2.05) is 21.0 Å². The predicted molar refractivity (Wildman–Crippen MR) is 80.8 cm³/mol. The van der Waals surface area contributed by atoms with E-state index >= 15 is 0 Å². The van der Waals surface area contributed by atoms with Gasteiger partial charge in [0.25, 0.3) is 0 Å². The third-order valence-electron chi connectivity index (χ3n) is 4.14. The number of nitrogens with one attached hydrogen (secondary N) is 1. The van der Waals surface area contributed by atoms with Crippen molar-refractivity contribution in [3.8, 4) is 0 Å². The molecule has 20 heavy (non-hydrogen) atoms. The lowest BCUT2D eigenvalue weighted by Gasteiger charge is -2.22. The molecule has 2 atom stereocenters. The largest absolute Gasteiger partial charge is 0.319 e. The van der Waals surface area contributed by atoms with Crippen molar-refractivity contribution in [3.63, 3.8) is 0 Å². The fourth-order valence-electron chi connectivity index (χ4n) is 3.03. The van der Waals surface area contributed by atoms with E-state index < -0.39 is 9.84 Å². The number of aryl methyl sites for hydroxylation is 2. The Kier molecular flexibility index (Phi) is 4.76. The van der Waals surface area contributed by atoms with Crippen LogP contribution in [0.3, 0.4) is 0 Å². The first-order chi connectivity index (χ1) is 9.34. The van der Waals surface area contributed by atoms with Crippen molar-refractivity contribution in [1.82, 2.24) is 15.1 Å². The minimum absolute atomic E-state index is 0.211. The van der Waals surface area contributed by atoms with Crippen LogP contribution < -0.4 is 5.32 Å². The minimum Gasteiger partial charge on any atom is -0.319 e.